The third-order valence-electron chi connectivity index (χ3n) is 4.18. The molecule has 3 rings (SSSR count). The molecule has 6 nitrogen and oxygen atoms in total. The highest BCUT2D eigenvalue weighted by Gasteiger charge is 2.18. The first-order chi connectivity index (χ1) is 12.6. The van der Waals surface area contributed by atoms with E-state index in [0.717, 1.165) is 18.2 Å². The molecule has 134 valence electrons. The van der Waals surface area contributed by atoms with E-state index >= 15 is 0 Å². The molecule has 26 heavy (non-hydrogen) atoms. The lowest BCUT2D eigenvalue weighted by Gasteiger charge is -2.10. The summed E-state index contributed by atoms with van der Waals surface area (Å²) in [6.07, 6.45) is 3.36. The number of nitriles is 1. The number of hydrogen-bond donors (Lipinski definition) is 1. The van der Waals surface area contributed by atoms with Crippen LogP contribution in [0.5, 0.6) is 5.75 Å². The normalized spacial score (nSPS) is 17.1. The van der Waals surface area contributed by atoms with E-state index in [0.29, 0.717) is 30.0 Å². The van der Waals surface area contributed by atoms with Crippen LogP contribution in [0.25, 0.3) is 17.0 Å². The monoisotopic (exact) mass is 371 g/mol. The minimum absolute atomic E-state index is 0.0114. The summed E-state index contributed by atoms with van der Waals surface area (Å²) in [6.45, 7) is 1.10. The fraction of sp³-hybridized carbons (Fsp3) is 0.316. The molecule has 1 N–H and O–H groups in total. The molecule has 1 aliphatic heterocycles. The fourth-order valence-electron chi connectivity index (χ4n) is 2.79. The summed E-state index contributed by atoms with van der Waals surface area (Å²) in [5.41, 5.74) is 1.17. The minimum atomic E-state index is -0.454. The lowest BCUT2D eigenvalue weighted by molar-refractivity contribution is -0.117. The summed E-state index contributed by atoms with van der Waals surface area (Å²) in [5, 5.41) is 13.1. The van der Waals surface area contributed by atoms with Gasteiger partial charge in [-0.1, -0.05) is 11.6 Å². The van der Waals surface area contributed by atoms with Crippen molar-refractivity contribution < 1.29 is 14.3 Å². The molecule has 0 spiro atoms. The molecule has 1 amide bonds. The number of rotatable bonds is 5. The summed E-state index contributed by atoms with van der Waals surface area (Å²) in [5.74, 6) is 0.233. The van der Waals surface area contributed by atoms with Gasteiger partial charge in [0.1, 0.15) is 22.5 Å². The molecule has 1 atom stereocenters. The number of amides is 1. The lowest BCUT2D eigenvalue weighted by Crippen LogP contribution is -2.32. The maximum absolute atomic E-state index is 12.3. The van der Waals surface area contributed by atoms with Crippen LogP contribution in [0.1, 0.15) is 18.4 Å². The fourth-order valence-corrected chi connectivity index (χ4v) is 2.99. The van der Waals surface area contributed by atoms with E-state index in [1.54, 1.807) is 25.3 Å². The van der Waals surface area contributed by atoms with Gasteiger partial charge in [0.25, 0.3) is 5.91 Å². The highest BCUT2D eigenvalue weighted by molar-refractivity contribution is 6.31. The molecule has 7 heteroatoms. The Balaban J connectivity index is 1.84. The van der Waals surface area contributed by atoms with Gasteiger partial charge in [-0.25, -0.2) is 4.98 Å². The van der Waals surface area contributed by atoms with E-state index in [1.165, 1.54) is 6.08 Å². The number of pyridine rings is 1. The van der Waals surface area contributed by atoms with Crippen molar-refractivity contribution in [3.63, 3.8) is 0 Å². The van der Waals surface area contributed by atoms with Gasteiger partial charge in [-0.2, -0.15) is 5.26 Å². The molecule has 1 fully saturated rings. The number of halogens is 1. The van der Waals surface area contributed by atoms with Gasteiger partial charge in [0.05, 0.1) is 18.7 Å². The van der Waals surface area contributed by atoms with Crippen LogP contribution >= 0.6 is 11.6 Å². The Bertz CT molecular complexity index is 899. The van der Waals surface area contributed by atoms with E-state index in [2.05, 4.69) is 10.3 Å². The zero-order chi connectivity index (χ0) is 18.5. The van der Waals surface area contributed by atoms with Gasteiger partial charge in [0.2, 0.25) is 0 Å². The number of fused-ring (bicyclic) bond motifs is 1. The van der Waals surface area contributed by atoms with Crippen LogP contribution in [0, 0.1) is 11.3 Å². The lowest BCUT2D eigenvalue weighted by atomic mass is 10.1. The number of methoxy groups -OCH3 is 1. The topological polar surface area (TPSA) is 84.2 Å². The summed E-state index contributed by atoms with van der Waals surface area (Å²) < 4.78 is 10.7. The molecule has 0 unspecified atom stereocenters. The largest absolute Gasteiger partial charge is 0.497 e. The van der Waals surface area contributed by atoms with Crippen molar-refractivity contribution in [3.05, 3.63) is 40.6 Å². The second-order valence-corrected chi connectivity index (χ2v) is 6.30. The second kappa shape index (κ2) is 8.17. The third kappa shape index (κ3) is 4.13. The van der Waals surface area contributed by atoms with Crippen LogP contribution in [0.3, 0.4) is 0 Å². The van der Waals surface area contributed by atoms with Crippen LogP contribution in [-0.4, -0.2) is 37.3 Å². The van der Waals surface area contributed by atoms with Crippen LogP contribution in [0.4, 0.5) is 0 Å². The summed E-state index contributed by atoms with van der Waals surface area (Å²) in [6, 6.07) is 9.11. The number of hydrogen-bond acceptors (Lipinski definition) is 5. The zero-order valence-corrected chi connectivity index (χ0v) is 15.0. The number of ether oxygens (including phenoxy) is 2. The molecule has 1 aromatic carbocycles. The number of aromatic nitrogens is 1. The maximum Gasteiger partial charge on any atom is 0.262 e. The summed E-state index contributed by atoms with van der Waals surface area (Å²) >= 11 is 6.22. The summed E-state index contributed by atoms with van der Waals surface area (Å²) in [4.78, 5) is 16.6. The number of nitrogens with one attached hydrogen (secondary N) is 1. The molecule has 0 bridgehead atoms. The average molecular weight is 372 g/mol. The quantitative estimate of drug-likeness (QED) is 0.496. The standard InChI is InChI=1S/C19H18ClN3O3/c1-25-15-4-5-17-12(9-15)7-13(18(20)23-17)8-14(10-21)19(24)22-11-16-3-2-6-26-16/h4-5,7-9,16H,2-3,6,11H2,1H3,(H,22,24)/b14-8+/t16-/m1/s1. The zero-order valence-electron chi connectivity index (χ0n) is 14.3. The third-order valence-corrected chi connectivity index (χ3v) is 4.48. The van der Waals surface area contributed by atoms with Gasteiger partial charge < -0.3 is 14.8 Å². The van der Waals surface area contributed by atoms with Crippen molar-refractivity contribution in [1.29, 1.82) is 5.26 Å². The predicted molar refractivity (Wildman–Crippen MR) is 98.9 cm³/mol. The molecule has 1 aromatic heterocycles. The van der Waals surface area contributed by atoms with Gasteiger partial charge in [-0.05, 0) is 43.2 Å². The molecule has 0 aliphatic carbocycles. The Morgan fingerprint density at radius 3 is 3.08 bits per heavy atom. The molecule has 0 saturated carbocycles. The predicted octanol–water partition coefficient (Wildman–Crippen LogP) is 3.10. The van der Waals surface area contributed by atoms with Crippen molar-refractivity contribution in [2.75, 3.05) is 20.3 Å². The maximum atomic E-state index is 12.3. The number of benzene rings is 1. The Kier molecular flexibility index (Phi) is 5.71. The Labute approximate surface area is 156 Å². The van der Waals surface area contributed by atoms with Crippen LogP contribution in [-0.2, 0) is 9.53 Å². The van der Waals surface area contributed by atoms with Crippen LogP contribution in [0.15, 0.2) is 29.8 Å². The molecule has 2 heterocycles. The van der Waals surface area contributed by atoms with E-state index in [-0.39, 0.29) is 16.8 Å². The van der Waals surface area contributed by atoms with Gasteiger partial charge in [0.15, 0.2) is 0 Å². The highest BCUT2D eigenvalue weighted by atomic mass is 35.5. The van der Waals surface area contributed by atoms with E-state index in [4.69, 9.17) is 21.1 Å². The SMILES string of the molecule is COc1ccc2nc(Cl)c(/C=C(\C#N)C(=O)NC[C@H]3CCCO3)cc2c1. The summed E-state index contributed by atoms with van der Waals surface area (Å²) in [7, 11) is 1.58. The number of carbonyl (C=O) groups excluding carboxylic acids is 1. The van der Waals surface area contributed by atoms with Gasteiger partial charge in [0, 0.05) is 24.1 Å². The Hall–Kier alpha value is -2.62. The molecule has 0 radical (unpaired) electrons. The molecule has 1 saturated heterocycles. The number of nitrogens with zero attached hydrogens (tertiary/aromatic N) is 2. The minimum Gasteiger partial charge on any atom is -0.497 e. The first-order valence-corrected chi connectivity index (χ1v) is 8.64. The first kappa shape index (κ1) is 18.2. The second-order valence-electron chi connectivity index (χ2n) is 5.94. The average Bonchev–Trinajstić information content (AvgIpc) is 3.17. The van der Waals surface area contributed by atoms with Crippen molar-refractivity contribution in [2.45, 2.75) is 18.9 Å². The van der Waals surface area contributed by atoms with Crippen LogP contribution in [0.2, 0.25) is 5.15 Å². The van der Waals surface area contributed by atoms with Gasteiger partial charge >= 0.3 is 0 Å². The molecule has 2 aromatic rings. The Morgan fingerprint density at radius 2 is 2.38 bits per heavy atom. The smallest absolute Gasteiger partial charge is 0.262 e. The molecular formula is C19H18ClN3O3. The van der Waals surface area contributed by atoms with Crippen molar-refractivity contribution >= 4 is 34.5 Å². The van der Waals surface area contributed by atoms with E-state index in [1.807, 2.05) is 12.1 Å². The van der Waals surface area contributed by atoms with Crippen molar-refractivity contribution in [3.8, 4) is 11.8 Å². The van der Waals surface area contributed by atoms with Crippen LogP contribution < -0.4 is 10.1 Å². The van der Waals surface area contributed by atoms with E-state index in [9.17, 15) is 10.1 Å². The van der Waals surface area contributed by atoms with Crippen molar-refractivity contribution in [1.82, 2.24) is 10.3 Å². The van der Waals surface area contributed by atoms with Gasteiger partial charge in [-0.3, -0.25) is 4.79 Å². The molecular weight excluding hydrogens is 354 g/mol. The van der Waals surface area contributed by atoms with E-state index < -0.39 is 5.91 Å². The first-order valence-electron chi connectivity index (χ1n) is 8.26. The van der Waals surface area contributed by atoms with Crippen molar-refractivity contribution in [2.24, 2.45) is 0 Å². The highest BCUT2D eigenvalue weighted by Crippen LogP contribution is 2.25. The van der Waals surface area contributed by atoms with Gasteiger partial charge in [-0.15, -0.1) is 0 Å². The Morgan fingerprint density at radius 1 is 1.54 bits per heavy atom. The number of carbonyl (C=O) groups is 1. The molecule has 1 aliphatic rings.